The smallest absolute Gasteiger partial charge is 0.178 e. The van der Waals surface area contributed by atoms with E-state index in [4.69, 9.17) is 0 Å². The third-order valence-corrected chi connectivity index (χ3v) is 3.62. The van der Waals surface area contributed by atoms with Crippen LogP contribution in [0.1, 0.15) is 5.56 Å². The molecule has 0 fully saturated rings. The lowest BCUT2D eigenvalue weighted by Crippen LogP contribution is -1.53. The largest absolute Gasteiger partial charge is 0.195 e. The molecule has 2 rings (SSSR count). The maximum atomic E-state index is 12.6. The van der Waals surface area contributed by atoms with Crippen LogP contribution in [-0.2, 0) is 0 Å². The van der Waals surface area contributed by atoms with E-state index in [1.54, 1.807) is 17.4 Å². The van der Waals surface area contributed by atoms with Gasteiger partial charge in [-0.2, -0.15) is 4.39 Å². The molecule has 0 N–H and O–H groups in total. The number of fused-ring (bicyclic) bond motifs is 1. The second-order valence-corrected chi connectivity index (χ2v) is 4.08. The third-order valence-electron chi connectivity index (χ3n) is 1.39. The Bertz CT molecular complexity index is 358. The molecule has 2 aromatic heterocycles. The van der Waals surface area contributed by atoms with E-state index in [-0.39, 0.29) is 5.13 Å². The zero-order valence-corrected chi connectivity index (χ0v) is 6.98. The maximum Gasteiger partial charge on any atom is 0.178 e. The van der Waals surface area contributed by atoms with E-state index in [1.807, 2.05) is 6.92 Å². The Balaban J connectivity index is 2.90. The molecule has 0 aliphatic rings. The quantitative estimate of drug-likeness (QED) is 0.571. The number of thiophene rings is 2. The molecule has 0 saturated carbocycles. The molecule has 0 atom stereocenters. The second-order valence-electron chi connectivity index (χ2n) is 2.16. The first-order valence-electron chi connectivity index (χ1n) is 2.90. The molecule has 0 radical (unpaired) electrons. The van der Waals surface area contributed by atoms with E-state index in [0.29, 0.717) is 0 Å². The van der Waals surface area contributed by atoms with Crippen LogP contribution in [0, 0.1) is 12.1 Å². The molecule has 0 bridgehead atoms. The summed E-state index contributed by atoms with van der Waals surface area (Å²) < 4.78 is 14.7. The summed E-state index contributed by atoms with van der Waals surface area (Å²) in [5.74, 6) is 0. The van der Waals surface area contributed by atoms with Gasteiger partial charge in [-0.05, 0) is 17.9 Å². The highest BCUT2D eigenvalue weighted by molar-refractivity contribution is 7.26. The molecule has 52 valence electrons. The molecule has 2 aromatic rings. The zero-order chi connectivity index (χ0) is 7.14. The summed E-state index contributed by atoms with van der Waals surface area (Å²) in [6.07, 6.45) is 0. The van der Waals surface area contributed by atoms with Crippen molar-refractivity contribution in [3.63, 3.8) is 0 Å². The number of halogens is 1. The van der Waals surface area contributed by atoms with Gasteiger partial charge < -0.3 is 0 Å². The van der Waals surface area contributed by atoms with Gasteiger partial charge >= 0.3 is 0 Å². The third kappa shape index (κ3) is 0.777. The van der Waals surface area contributed by atoms with Gasteiger partial charge in [0.2, 0.25) is 0 Å². The molecule has 0 saturated heterocycles. The van der Waals surface area contributed by atoms with Crippen LogP contribution in [0.3, 0.4) is 0 Å². The SMILES string of the molecule is Cc1csc2cc(F)sc12. The molecule has 10 heavy (non-hydrogen) atoms. The van der Waals surface area contributed by atoms with Crippen molar-refractivity contribution in [2.75, 3.05) is 0 Å². The Labute approximate surface area is 65.9 Å². The summed E-state index contributed by atoms with van der Waals surface area (Å²) in [4.78, 5) is 0. The van der Waals surface area contributed by atoms with E-state index >= 15 is 0 Å². The summed E-state index contributed by atoms with van der Waals surface area (Å²) in [6.45, 7) is 2.01. The van der Waals surface area contributed by atoms with Crippen LogP contribution in [0.2, 0.25) is 0 Å². The van der Waals surface area contributed by atoms with Crippen LogP contribution in [0.5, 0.6) is 0 Å². The van der Waals surface area contributed by atoms with Crippen LogP contribution >= 0.6 is 22.7 Å². The minimum absolute atomic E-state index is 0.0787. The second kappa shape index (κ2) is 2.04. The highest BCUT2D eigenvalue weighted by Gasteiger charge is 2.04. The van der Waals surface area contributed by atoms with Crippen LogP contribution < -0.4 is 0 Å². The van der Waals surface area contributed by atoms with Crippen molar-refractivity contribution < 1.29 is 4.39 Å². The van der Waals surface area contributed by atoms with Crippen molar-refractivity contribution in [3.8, 4) is 0 Å². The van der Waals surface area contributed by atoms with Gasteiger partial charge in [-0.25, -0.2) is 0 Å². The van der Waals surface area contributed by atoms with Crippen molar-refractivity contribution in [1.29, 1.82) is 0 Å². The molecule has 0 nitrogen and oxygen atoms in total. The number of aryl methyl sites for hydroxylation is 1. The lowest BCUT2D eigenvalue weighted by Gasteiger charge is -1.76. The van der Waals surface area contributed by atoms with Gasteiger partial charge in [0.1, 0.15) is 0 Å². The van der Waals surface area contributed by atoms with Crippen molar-refractivity contribution in [2.45, 2.75) is 6.92 Å². The Hall–Kier alpha value is -0.410. The zero-order valence-electron chi connectivity index (χ0n) is 5.35. The summed E-state index contributed by atoms with van der Waals surface area (Å²) >= 11 is 2.83. The van der Waals surface area contributed by atoms with Crippen molar-refractivity contribution in [1.82, 2.24) is 0 Å². The van der Waals surface area contributed by atoms with Crippen molar-refractivity contribution >= 4 is 32.1 Å². The van der Waals surface area contributed by atoms with Crippen molar-refractivity contribution in [3.05, 3.63) is 22.1 Å². The predicted molar refractivity (Wildman–Crippen MR) is 44.4 cm³/mol. The van der Waals surface area contributed by atoms with Gasteiger partial charge in [0.25, 0.3) is 0 Å². The predicted octanol–water partition coefficient (Wildman–Crippen LogP) is 3.41. The summed E-state index contributed by atoms with van der Waals surface area (Å²) in [5.41, 5.74) is 1.19. The highest BCUT2D eigenvalue weighted by Crippen LogP contribution is 2.32. The standard InChI is InChI=1S/C7H5FS2/c1-4-3-9-5-2-6(8)10-7(4)5/h2-3H,1H3. The first kappa shape index (κ1) is 6.31. The number of hydrogen-bond acceptors (Lipinski definition) is 2. The monoisotopic (exact) mass is 172 g/mol. The summed E-state index contributed by atoms with van der Waals surface area (Å²) in [6, 6.07) is 1.59. The number of hydrogen-bond donors (Lipinski definition) is 0. The van der Waals surface area contributed by atoms with Crippen LogP contribution in [-0.4, -0.2) is 0 Å². The molecular formula is C7H5FS2. The fraction of sp³-hybridized carbons (Fsp3) is 0.143. The Kier molecular flexibility index (Phi) is 1.28. The van der Waals surface area contributed by atoms with Crippen molar-refractivity contribution in [2.24, 2.45) is 0 Å². The molecule has 2 heterocycles. The summed E-state index contributed by atoms with van der Waals surface area (Å²) in [5, 5.41) is 1.98. The van der Waals surface area contributed by atoms with E-state index in [0.717, 1.165) is 9.40 Å². The molecule has 0 aliphatic carbocycles. The molecule has 0 aliphatic heterocycles. The van der Waals surface area contributed by atoms with Crippen LogP contribution in [0.15, 0.2) is 11.4 Å². The van der Waals surface area contributed by atoms with Crippen LogP contribution in [0.25, 0.3) is 9.40 Å². The number of rotatable bonds is 0. The topological polar surface area (TPSA) is 0 Å². The Morgan fingerprint density at radius 1 is 1.50 bits per heavy atom. The Morgan fingerprint density at radius 2 is 2.30 bits per heavy atom. The molecule has 0 aromatic carbocycles. The minimum atomic E-state index is -0.0787. The van der Waals surface area contributed by atoms with Crippen LogP contribution in [0.4, 0.5) is 4.39 Å². The van der Waals surface area contributed by atoms with E-state index in [9.17, 15) is 4.39 Å². The molecule has 0 spiro atoms. The lowest BCUT2D eigenvalue weighted by atomic mass is 10.4. The average molecular weight is 172 g/mol. The molecule has 0 amide bonds. The maximum absolute atomic E-state index is 12.6. The highest BCUT2D eigenvalue weighted by atomic mass is 32.1. The van der Waals surface area contributed by atoms with Gasteiger partial charge in [-0.15, -0.1) is 22.7 Å². The first-order chi connectivity index (χ1) is 4.77. The van der Waals surface area contributed by atoms with Gasteiger partial charge in [0, 0.05) is 10.8 Å². The lowest BCUT2D eigenvalue weighted by molar-refractivity contribution is 0.658. The fourth-order valence-electron chi connectivity index (χ4n) is 0.914. The molecule has 3 heteroatoms. The molecular weight excluding hydrogens is 167 g/mol. The Morgan fingerprint density at radius 3 is 3.00 bits per heavy atom. The first-order valence-corrected chi connectivity index (χ1v) is 4.60. The molecule has 0 unspecified atom stereocenters. The fourth-order valence-corrected chi connectivity index (χ4v) is 2.94. The van der Waals surface area contributed by atoms with Gasteiger partial charge in [-0.3, -0.25) is 0 Å². The van der Waals surface area contributed by atoms with Gasteiger partial charge in [0.15, 0.2) is 5.13 Å². The summed E-state index contributed by atoms with van der Waals surface area (Å²) in [7, 11) is 0. The van der Waals surface area contributed by atoms with Gasteiger partial charge in [-0.1, -0.05) is 0 Å². The van der Waals surface area contributed by atoms with E-state index in [1.165, 1.54) is 16.9 Å². The normalized spacial score (nSPS) is 11.0. The van der Waals surface area contributed by atoms with E-state index < -0.39 is 0 Å². The van der Waals surface area contributed by atoms with Gasteiger partial charge in [0.05, 0.1) is 4.70 Å². The minimum Gasteiger partial charge on any atom is -0.195 e. The van der Waals surface area contributed by atoms with E-state index in [2.05, 4.69) is 5.38 Å². The average Bonchev–Trinajstić information content (AvgIpc) is 2.35.